The molecule has 0 aliphatic carbocycles. The Morgan fingerprint density at radius 1 is 1.00 bits per heavy atom. The fourth-order valence-corrected chi connectivity index (χ4v) is 2.77. The molecule has 1 aliphatic heterocycles. The van der Waals surface area contributed by atoms with E-state index in [1.807, 2.05) is 12.1 Å². The summed E-state index contributed by atoms with van der Waals surface area (Å²) in [6.45, 7) is 1.19. The van der Waals surface area contributed by atoms with Crippen molar-refractivity contribution < 1.29 is 9.59 Å². The number of aromatic nitrogens is 1. The lowest BCUT2D eigenvalue weighted by Gasteiger charge is -2.13. The molecule has 1 aromatic carbocycles. The number of imide groups is 1. The second-order valence-electron chi connectivity index (χ2n) is 5.30. The molecule has 0 unspecified atom stereocenters. The Balaban J connectivity index is 1.46. The highest BCUT2D eigenvalue weighted by atomic mass is 79.9. The number of amides is 2. The van der Waals surface area contributed by atoms with Gasteiger partial charge in [0.05, 0.1) is 11.1 Å². The third-order valence-electron chi connectivity index (χ3n) is 3.72. The molecule has 0 saturated heterocycles. The van der Waals surface area contributed by atoms with Crippen LogP contribution in [0.2, 0.25) is 0 Å². The number of nitrogens with zero attached hydrogens (tertiary/aromatic N) is 2. The van der Waals surface area contributed by atoms with Crippen molar-refractivity contribution in [3.8, 4) is 0 Å². The summed E-state index contributed by atoms with van der Waals surface area (Å²) in [6, 6.07) is 10.8. The molecule has 0 spiro atoms. The number of hydrogen-bond donors (Lipinski definition) is 1. The first kappa shape index (κ1) is 15.7. The van der Waals surface area contributed by atoms with Gasteiger partial charge in [0.2, 0.25) is 0 Å². The number of hydrogen-bond acceptors (Lipinski definition) is 4. The third kappa shape index (κ3) is 3.42. The minimum absolute atomic E-state index is 0.187. The SMILES string of the molecule is O=C1c2ccccc2C(=O)N1CCCCNc1ccc(Br)cn1. The molecule has 2 amide bonds. The van der Waals surface area contributed by atoms with Crippen LogP contribution >= 0.6 is 15.9 Å². The van der Waals surface area contributed by atoms with Gasteiger partial charge in [0, 0.05) is 23.8 Å². The summed E-state index contributed by atoms with van der Waals surface area (Å²) in [5.41, 5.74) is 1.02. The van der Waals surface area contributed by atoms with Gasteiger partial charge >= 0.3 is 0 Å². The Morgan fingerprint density at radius 2 is 1.70 bits per heavy atom. The Labute approximate surface area is 142 Å². The minimum Gasteiger partial charge on any atom is -0.370 e. The minimum atomic E-state index is -0.187. The summed E-state index contributed by atoms with van der Waals surface area (Å²) in [5.74, 6) is 0.440. The van der Waals surface area contributed by atoms with E-state index in [1.165, 1.54) is 4.90 Å². The molecular formula is C17H16BrN3O2. The number of fused-ring (bicyclic) bond motifs is 1. The van der Waals surface area contributed by atoms with Crippen molar-refractivity contribution in [2.75, 3.05) is 18.4 Å². The molecule has 5 nitrogen and oxygen atoms in total. The van der Waals surface area contributed by atoms with Crippen molar-refractivity contribution >= 4 is 33.6 Å². The molecule has 1 aliphatic rings. The van der Waals surface area contributed by atoms with Gasteiger partial charge in [0.1, 0.15) is 5.82 Å². The lowest BCUT2D eigenvalue weighted by Crippen LogP contribution is -2.30. The largest absolute Gasteiger partial charge is 0.370 e. The zero-order valence-electron chi connectivity index (χ0n) is 12.5. The average Bonchev–Trinajstić information content (AvgIpc) is 2.81. The van der Waals surface area contributed by atoms with E-state index in [-0.39, 0.29) is 11.8 Å². The summed E-state index contributed by atoms with van der Waals surface area (Å²) in [4.78, 5) is 30.0. The molecule has 1 N–H and O–H groups in total. The van der Waals surface area contributed by atoms with Crippen molar-refractivity contribution in [3.05, 3.63) is 58.2 Å². The second kappa shape index (κ2) is 6.91. The fraction of sp³-hybridized carbons (Fsp3) is 0.235. The van der Waals surface area contributed by atoms with Gasteiger partial charge in [-0.15, -0.1) is 0 Å². The quantitative estimate of drug-likeness (QED) is 0.622. The van der Waals surface area contributed by atoms with E-state index < -0.39 is 0 Å². The van der Waals surface area contributed by atoms with Crippen LogP contribution in [0, 0.1) is 0 Å². The van der Waals surface area contributed by atoms with Crippen molar-refractivity contribution in [1.29, 1.82) is 0 Å². The van der Waals surface area contributed by atoms with Crippen LogP contribution in [0.1, 0.15) is 33.6 Å². The molecule has 3 rings (SSSR count). The van der Waals surface area contributed by atoms with Crippen LogP contribution in [-0.2, 0) is 0 Å². The van der Waals surface area contributed by atoms with Gasteiger partial charge < -0.3 is 5.32 Å². The lowest BCUT2D eigenvalue weighted by molar-refractivity contribution is 0.0652. The van der Waals surface area contributed by atoms with Crippen LogP contribution in [-0.4, -0.2) is 34.8 Å². The lowest BCUT2D eigenvalue weighted by atomic mass is 10.1. The summed E-state index contributed by atoms with van der Waals surface area (Å²) in [7, 11) is 0. The second-order valence-corrected chi connectivity index (χ2v) is 6.22. The molecule has 23 heavy (non-hydrogen) atoms. The molecule has 118 valence electrons. The van der Waals surface area contributed by atoms with Crippen LogP contribution in [0.25, 0.3) is 0 Å². The highest BCUT2D eigenvalue weighted by Crippen LogP contribution is 2.22. The monoisotopic (exact) mass is 373 g/mol. The normalized spacial score (nSPS) is 13.3. The van der Waals surface area contributed by atoms with Crippen molar-refractivity contribution in [2.24, 2.45) is 0 Å². The van der Waals surface area contributed by atoms with Gasteiger partial charge in [0.15, 0.2) is 0 Å². The van der Waals surface area contributed by atoms with E-state index in [9.17, 15) is 9.59 Å². The fourth-order valence-electron chi connectivity index (χ4n) is 2.53. The number of rotatable bonds is 6. The highest BCUT2D eigenvalue weighted by Gasteiger charge is 2.34. The summed E-state index contributed by atoms with van der Waals surface area (Å²) < 4.78 is 0.939. The Hall–Kier alpha value is -2.21. The molecule has 6 heteroatoms. The summed E-state index contributed by atoms with van der Waals surface area (Å²) in [5, 5.41) is 3.22. The number of benzene rings is 1. The van der Waals surface area contributed by atoms with Gasteiger partial charge in [-0.1, -0.05) is 12.1 Å². The Bertz CT molecular complexity index is 696. The van der Waals surface area contributed by atoms with Gasteiger partial charge in [-0.3, -0.25) is 14.5 Å². The Kier molecular flexibility index (Phi) is 4.71. The molecule has 2 aromatic rings. The van der Waals surface area contributed by atoms with Crippen LogP contribution in [0.15, 0.2) is 47.1 Å². The van der Waals surface area contributed by atoms with Gasteiger partial charge in [-0.25, -0.2) is 4.98 Å². The number of halogens is 1. The van der Waals surface area contributed by atoms with Gasteiger partial charge in [-0.2, -0.15) is 0 Å². The molecule has 0 saturated carbocycles. The Morgan fingerprint density at radius 3 is 2.30 bits per heavy atom. The number of carbonyl (C=O) groups excluding carboxylic acids is 2. The standard InChI is InChI=1S/C17H16BrN3O2/c18-12-7-8-15(20-11-12)19-9-3-4-10-21-16(22)13-5-1-2-6-14(13)17(21)23/h1-2,5-8,11H,3-4,9-10H2,(H,19,20). The molecular weight excluding hydrogens is 358 g/mol. The predicted octanol–water partition coefficient (Wildman–Crippen LogP) is 3.33. The van der Waals surface area contributed by atoms with Crippen LogP contribution < -0.4 is 5.32 Å². The molecule has 2 heterocycles. The van der Waals surface area contributed by atoms with Crippen molar-refractivity contribution in [2.45, 2.75) is 12.8 Å². The highest BCUT2D eigenvalue weighted by molar-refractivity contribution is 9.10. The van der Waals surface area contributed by atoms with Gasteiger partial charge in [0.25, 0.3) is 11.8 Å². The first-order chi connectivity index (χ1) is 11.2. The van der Waals surface area contributed by atoms with E-state index in [4.69, 9.17) is 0 Å². The number of carbonyl (C=O) groups is 2. The topological polar surface area (TPSA) is 62.3 Å². The maximum atomic E-state index is 12.2. The molecule has 0 fully saturated rings. The van der Waals surface area contributed by atoms with E-state index in [2.05, 4.69) is 26.2 Å². The molecule has 0 bridgehead atoms. The van der Waals surface area contributed by atoms with Crippen LogP contribution in [0.3, 0.4) is 0 Å². The zero-order chi connectivity index (χ0) is 16.2. The zero-order valence-corrected chi connectivity index (χ0v) is 14.0. The number of anilines is 1. The average molecular weight is 374 g/mol. The number of pyridine rings is 1. The van der Waals surface area contributed by atoms with E-state index >= 15 is 0 Å². The van der Waals surface area contributed by atoms with Crippen molar-refractivity contribution in [1.82, 2.24) is 9.88 Å². The smallest absolute Gasteiger partial charge is 0.261 e. The maximum Gasteiger partial charge on any atom is 0.261 e. The number of nitrogens with one attached hydrogen (secondary N) is 1. The first-order valence-corrected chi connectivity index (χ1v) is 8.27. The van der Waals surface area contributed by atoms with E-state index in [1.54, 1.807) is 30.5 Å². The number of unbranched alkanes of at least 4 members (excludes halogenated alkanes) is 1. The maximum absolute atomic E-state index is 12.2. The first-order valence-electron chi connectivity index (χ1n) is 7.47. The summed E-state index contributed by atoms with van der Waals surface area (Å²) >= 11 is 3.34. The van der Waals surface area contributed by atoms with Crippen LogP contribution in [0.4, 0.5) is 5.82 Å². The molecule has 0 radical (unpaired) electrons. The van der Waals surface area contributed by atoms with Crippen LogP contribution in [0.5, 0.6) is 0 Å². The van der Waals surface area contributed by atoms with Gasteiger partial charge in [-0.05, 0) is 53.0 Å². The third-order valence-corrected chi connectivity index (χ3v) is 4.19. The van der Waals surface area contributed by atoms with Crippen molar-refractivity contribution in [3.63, 3.8) is 0 Å². The molecule has 1 aromatic heterocycles. The van der Waals surface area contributed by atoms with E-state index in [0.717, 1.165) is 29.7 Å². The molecule has 0 atom stereocenters. The predicted molar refractivity (Wildman–Crippen MR) is 91.5 cm³/mol. The van der Waals surface area contributed by atoms with E-state index in [0.29, 0.717) is 17.7 Å². The summed E-state index contributed by atoms with van der Waals surface area (Å²) in [6.07, 6.45) is 3.35.